The van der Waals surface area contributed by atoms with Crippen LogP contribution in [0.1, 0.15) is 114 Å². The number of rotatable bonds is 14. The van der Waals surface area contributed by atoms with Crippen LogP contribution in [-0.4, -0.2) is 4.57 Å². The lowest BCUT2D eigenvalue weighted by Gasteiger charge is -2.33. The van der Waals surface area contributed by atoms with Gasteiger partial charge in [-0.15, -0.1) is 0 Å². The van der Waals surface area contributed by atoms with Gasteiger partial charge in [0.15, 0.2) is 0 Å². The molecule has 1 aromatic heterocycles. The molecule has 0 spiro atoms. The van der Waals surface area contributed by atoms with Crippen molar-refractivity contribution in [1.82, 2.24) is 4.57 Å². The van der Waals surface area contributed by atoms with Crippen LogP contribution in [-0.2, 0) is 5.41 Å². The van der Waals surface area contributed by atoms with Gasteiger partial charge in [0.05, 0.1) is 11.0 Å². The average molecular weight is 556 g/mol. The minimum atomic E-state index is 0.102. The Bertz CT molecular complexity index is 1650. The maximum atomic E-state index is 2.62. The van der Waals surface area contributed by atoms with Crippen LogP contribution in [0.3, 0.4) is 0 Å². The molecule has 1 nitrogen and oxygen atoms in total. The Balaban J connectivity index is 1.51. The van der Waals surface area contributed by atoms with E-state index in [1.165, 1.54) is 128 Å². The Kier molecular flexibility index (Phi) is 8.84. The third kappa shape index (κ3) is 5.32. The van der Waals surface area contributed by atoms with Crippen LogP contribution in [0.25, 0.3) is 38.6 Å². The predicted octanol–water partition coefficient (Wildman–Crippen LogP) is 12.5. The summed E-state index contributed by atoms with van der Waals surface area (Å²) in [5, 5.41) is 2.72. The lowest BCUT2D eigenvalue weighted by atomic mass is 9.70. The van der Waals surface area contributed by atoms with E-state index in [1.54, 1.807) is 11.1 Å². The fourth-order valence-electron chi connectivity index (χ4n) is 7.86. The van der Waals surface area contributed by atoms with Gasteiger partial charge in [0.25, 0.3) is 0 Å². The van der Waals surface area contributed by atoms with E-state index in [4.69, 9.17) is 0 Å². The van der Waals surface area contributed by atoms with Gasteiger partial charge in [0.1, 0.15) is 0 Å². The Labute approximate surface area is 254 Å². The van der Waals surface area contributed by atoms with Crippen molar-refractivity contribution in [3.63, 3.8) is 0 Å². The van der Waals surface area contributed by atoms with Crippen LogP contribution in [0.5, 0.6) is 0 Å². The second kappa shape index (κ2) is 12.9. The monoisotopic (exact) mass is 555 g/mol. The highest BCUT2D eigenvalue weighted by molar-refractivity contribution is 6.11. The largest absolute Gasteiger partial charge is 0.309 e. The zero-order chi connectivity index (χ0) is 28.9. The van der Waals surface area contributed by atoms with E-state index in [0.29, 0.717) is 0 Å². The van der Waals surface area contributed by atoms with Crippen molar-refractivity contribution in [3.05, 3.63) is 102 Å². The van der Waals surface area contributed by atoms with Crippen LogP contribution in [0.2, 0.25) is 0 Å². The maximum Gasteiger partial charge on any atom is 0.0544 e. The van der Waals surface area contributed by atoms with Gasteiger partial charge in [0.2, 0.25) is 0 Å². The molecular formula is C41H49N. The molecule has 0 aliphatic heterocycles. The van der Waals surface area contributed by atoms with E-state index in [0.717, 1.165) is 0 Å². The smallest absolute Gasteiger partial charge is 0.0544 e. The highest BCUT2D eigenvalue weighted by Crippen LogP contribution is 2.55. The molecule has 1 atom stereocenters. The third-order valence-electron chi connectivity index (χ3n) is 9.98. The molecule has 1 aliphatic rings. The highest BCUT2D eigenvalue weighted by atomic mass is 15.0. The van der Waals surface area contributed by atoms with E-state index < -0.39 is 0 Å². The lowest BCUT2D eigenvalue weighted by molar-refractivity contribution is 0.398. The van der Waals surface area contributed by atoms with Crippen LogP contribution in [0.15, 0.2) is 84.9 Å². The van der Waals surface area contributed by atoms with Crippen LogP contribution >= 0.6 is 0 Å². The second-order valence-corrected chi connectivity index (χ2v) is 12.9. The molecule has 4 aromatic carbocycles. The standard InChI is InChI=1S/C41H49N/c1-4-6-8-10-12-18-27-41(26-17-11-9-7-5-2)37-24-15-13-22-33(37)35-29-36-34-23-14-16-25-39(34)42(40(36)30-38(35)41)32-21-19-20-31(3)28-32/h13-16,19-25,28-30H,4-12,17-18,26-27H2,1-3H3. The first kappa shape index (κ1) is 28.8. The summed E-state index contributed by atoms with van der Waals surface area (Å²) < 4.78 is 2.53. The number of aryl methyl sites for hydroxylation is 1. The molecule has 0 saturated heterocycles. The summed E-state index contributed by atoms with van der Waals surface area (Å²) in [6, 6.07) is 32.6. The summed E-state index contributed by atoms with van der Waals surface area (Å²) in [5.41, 5.74) is 11.4. The Morgan fingerprint density at radius 2 is 1.19 bits per heavy atom. The number of benzene rings is 4. The predicted molar refractivity (Wildman–Crippen MR) is 183 cm³/mol. The summed E-state index contributed by atoms with van der Waals surface area (Å²) in [5.74, 6) is 0. The summed E-state index contributed by atoms with van der Waals surface area (Å²) in [6.45, 7) is 6.84. The molecular weight excluding hydrogens is 506 g/mol. The molecule has 0 amide bonds. The number of aromatic nitrogens is 1. The van der Waals surface area contributed by atoms with Gasteiger partial charge < -0.3 is 4.57 Å². The fourth-order valence-corrected chi connectivity index (χ4v) is 7.86. The van der Waals surface area contributed by atoms with E-state index in [2.05, 4.69) is 110 Å². The first-order valence-electron chi connectivity index (χ1n) is 16.9. The van der Waals surface area contributed by atoms with Crippen LogP contribution < -0.4 is 0 Å². The Hall–Kier alpha value is -3.32. The summed E-state index contributed by atoms with van der Waals surface area (Å²) in [6.07, 6.45) is 17.3. The number of hydrogen-bond acceptors (Lipinski definition) is 0. The van der Waals surface area contributed by atoms with Crippen LogP contribution in [0, 0.1) is 6.92 Å². The fraction of sp³-hybridized carbons (Fsp3) is 0.415. The van der Waals surface area contributed by atoms with Gasteiger partial charge in [-0.3, -0.25) is 0 Å². The quantitative estimate of drug-likeness (QED) is 0.120. The van der Waals surface area contributed by atoms with Gasteiger partial charge in [-0.2, -0.15) is 0 Å². The number of nitrogens with zero attached hydrogens (tertiary/aromatic N) is 1. The molecule has 0 N–H and O–H groups in total. The van der Waals surface area contributed by atoms with Crippen molar-refractivity contribution in [3.8, 4) is 16.8 Å². The SMILES string of the molecule is CCCCCCCCC1(CCCCCCC)c2ccccc2-c2cc3c4ccccc4n(-c4cccc(C)c4)c3cc21. The number of fused-ring (bicyclic) bond motifs is 6. The zero-order valence-corrected chi connectivity index (χ0v) is 26.2. The molecule has 0 radical (unpaired) electrons. The first-order valence-corrected chi connectivity index (χ1v) is 16.9. The van der Waals surface area contributed by atoms with Gasteiger partial charge in [-0.25, -0.2) is 0 Å². The van der Waals surface area contributed by atoms with Gasteiger partial charge in [-0.05, 0) is 77.9 Å². The van der Waals surface area contributed by atoms with Crippen molar-refractivity contribution < 1.29 is 0 Å². The Morgan fingerprint density at radius 1 is 0.524 bits per heavy atom. The summed E-state index contributed by atoms with van der Waals surface area (Å²) in [4.78, 5) is 0. The summed E-state index contributed by atoms with van der Waals surface area (Å²) >= 11 is 0. The Morgan fingerprint density at radius 3 is 1.93 bits per heavy atom. The molecule has 1 aliphatic carbocycles. The molecule has 0 fully saturated rings. The van der Waals surface area contributed by atoms with Crippen molar-refractivity contribution in [2.24, 2.45) is 0 Å². The first-order chi connectivity index (χ1) is 20.7. The third-order valence-corrected chi connectivity index (χ3v) is 9.98. The second-order valence-electron chi connectivity index (χ2n) is 12.9. The van der Waals surface area contributed by atoms with E-state index in [9.17, 15) is 0 Å². The van der Waals surface area contributed by atoms with Crippen molar-refractivity contribution in [1.29, 1.82) is 0 Å². The molecule has 218 valence electrons. The van der Waals surface area contributed by atoms with Crippen molar-refractivity contribution >= 4 is 21.8 Å². The van der Waals surface area contributed by atoms with Gasteiger partial charge in [0, 0.05) is 21.9 Å². The van der Waals surface area contributed by atoms with E-state index >= 15 is 0 Å². The maximum absolute atomic E-state index is 2.62. The van der Waals surface area contributed by atoms with Gasteiger partial charge >= 0.3 is 0 Å². The molecule has 5 aromatic rings. The molecule has 42 heavy (non-hydrogen) atoms. The minimum absolute atomic E-state index is 0.102. The van der Waals surface area contributed by atoms with Gasteiger partial charge in [-0.1, -0.05) is 139 Å². The number of unbranched alkanes of at least 4 members (excludes halogenated alkanes) is 9. The average Bonchev–Trinajstić information content (AvgIpc) is 3.48. The molecule has 1 heteroatoms. The molecule has 1 unspecified atom stereocenters. The molecule has 0 bridgehead atoms. The zero-order valence-electron chi connectivity index (χ0n) is 26.2. The molecule has 6 rings (SSSR count). The van der Waals surface area contributed by atoms with Crippen molar-refractivity contribution in [2.75, 3.05) is 0 Å². The highest BCUT2D eigenvalue weighted by Gasteiger charge is 2.42. The number of para-hydroxylation sites is 1. The topological polar surface area (TPSA) is 4.93 Å². The molecule has 0 saturated carbocycles. The lowest BCUT2D eigenvalue weighted by Crippen LogP contribution is -2.25. The molecule has 1 heterocycles. The number of hydrogen-bond donors (Lipinski definition) is 0. The summed E-state index contributed by atoms with van der Waals surface area (Å²) in [7, 11) is 0. The van der Waals surface area contributed by atoms with E-state index in [-0.39, 0.29) is 5.41 Å². The normalized spacial score (nSPS) is 15.9. The van der Waals surface area contributed by atoms with Crippen molar-refractivity contribution in [2.45, 2.75) is 110 Å². The van der Waals surface area contributed by atoms with Crippen LogP contribution in [0.4, 0.5) is 0 Å². The van der Waals surface area contributed by atoms with E-state index in [1.807, 2.05) is 0 Å². The minimum Gasteiger partial charge on any atom is -0.309 e.